The van der Waals surface area contributed by atoms with Crippen molar-refractivity contribution in [1.29, 1.82) is 0 Å². The molecule has 60 valence electrons. The minimum Gasteiger partial charge on any atom is -0.748 e. The summed E-state index contributed by atoms with van der Waals surface area (Å²) >= 11 is 0. The summed E-state index contributed by atoms with van der Waals surface area (Å²) < 4.78 is 0. The third-order valence-electron chi connectivity index (χ3n) is 1.11. The molecule has 0 unspecified atom stereocenters. The van der Waals surface area contributed by atoms with Gasteiger partial charge in [-0.3, -0.25) is 0 Å². The fraction of sp³-hybridized carbons (Fsp3) is 0. The molecule has 0 aliphatic heterocycles. The van der Waals surface area contributed by atoms with Crippen LogP contribution in [-0.2, 0) is 26.2 Å². The molecular formula is C10H10Zr-6. The van der Waals surface area contributed by atoms with E-state index in [-0.39, 0.29) is 26.2 Å². The van der Waals surface area contributed by atoms with E-state index >= 15 is 0 Å². The molecule has 1 heteroatoms. The Bertz CT molecular complexity index is 144. The summed E-state index contributed by atoms with van der Waals surface area (Å²) in [6.45, 7) is 0. The quantitative estimate of drug-likeness (QED) is 0.600. The van der Waals surface area contributed by atoms with Crippen molar-refractivity contribution in [2.45, 2.75) is 0 Å². The van der Waals surface area contributed by atoms with E-state index in [1.807, 2.05) is 60.7 Å². The van der Waals surface area contributed by atoms with Gasteiger partial charge in [0.05, 0.1) is 0 Å². The second-order valence-electron chi connectivity index (χ2n) is 1.92. The van der Waals surface area contributed by atoms with Crippen LogP contribution < -0.4 is 0 Å². The van der Waals surface area contributed by atoms with Gasteiger partial charge in [0.2, 0.25) is 0 Å². The van der Waals surface area contributed by atoms with Gasteiger partial charge in [-0.15, -0.1) is 0 Å². The Morgan fingerprint density at radius 3 is 1.18 bits per heavy atom. The van der Waals surface area contributed by atoms with Crippen LogP contribution in [0.4, 0.5) is 0 Å². The summed E-state index contributed by atoms with van der Waals surface area (Å²) in [5, 5.41) is 0. The smallest absolute Gasteiger partial charge is 0 e. The van der Waals surface area contributed by atoms with E-state index in [0.29, 0.717) is 0 Å². The average molecular weight is 221 g/mol. The van der Waals surface area contributed by atoms with Crippen molar-refractivity contribution < 1.29 is 26.2 Å². The van der Waals surface area contributed by atoms with Crippen LogP contribution in [0, 0.1) is 0 Å². The predicted molar refractivity (Wildman–Crippen MR) is 44.1 cm³/mol. The molecule has 2 aromatic carbocycles. The summed E-state index contributed by atoms with van der Waals surface area (Å²) in [5.74, 6) is 0. The normalized spacial score (nSPS) is 7.27. The zero-order chi connectivity index (χ0) is 7.07. The van der Waals surface area contributed by atoms with Gasteiger partial charge < -0.3 is 30.3 Å². The van der Waals surface area contributed by atoms with E-state index in [4.69, 9.17) is 0 Å². The molecule has 2 aromatic rings. The van der Waals surface area contributed by atoms with Gasteiger partial charge in [0.1, 0.15) is 0 Å². The Labute approximate surface area is 86.7 Å². The third kappa shape index (κ3) is 6.00. The van der Waals surface area contributed by atoms with E-state index in [1.165, 1.54) is 0 Å². The second kappa shape index (κ2) is 7.69. The summed E-state index contributed by atoms with van der Waals surface area (Å²) in [6.07, 6.45) is 0. The Morgan fingerprint density at radius 1 is 0.636 bits per heavy atom. The van der Waals surface area contributed by atoms with Crippen molar-refractivity contribution in [2.75, 3.05) is 0 Å². The van der Waals surface area contributed by atoms with Crippen LogP contribution in [0.1, 0.15) is 0 Å². The maximum Gasteiger partial charge on any atom is 0 e. The molecule has 0 N–H and O–H groups in total. The van der Waals surface area contributed by atoms with E-state index < -0.39 is 0 Å². The molecule has 0 nitrogen and oxygen atoms in total. The van der Waals surface area contributed by atoms with Crippen LogP contribution in [0.25, 0.3) is 0 Å². The van der Waals surface area contributed by atoms with Crippen LogP contribution in [0.15, 0.2) is 60.7 Å². The zero-order valence-corrected chi connectivity index (χ0v) is 8.73. The van der Waals surface area contributed by atoms with Gasteiger partial charge in [-0.1, -0.05) is 0 Å². The molecule has 0 radical (unpaired) electrons. The number of hydrogen-bond acceptors (Lipinski definition) is 0. The van der Waals surface area contributed by atoms with Crippen molar-refractivity contribution in [3.8, 4) is 0 Å². The first-order valence-corrected chi connectivity index (χ1v) is 3.33. The van der Waals surface area contributed by atoms with Gasteiger partial charge in [-0.05, 0) is 0 Å². The summed E-state index contributed by atoms with van der Waals surface area (Å²) in [4.78, 5) is 0. The first-order chi connectivity index (χ1) is 5.00. The van der Waals surface area contributed by atoms with Crippen LogP contribution in [0.2, 0.25) is 0 Å². The first kappa shape index (κ1) is 10.6. The molecule has 0 saturated heterocycles. The summed E-state index contributed by atoms with van der Waals surface area (Å²) in [5.41, 5.74) is 0. The molecule has 0 amide bonds. The molecule has 0 saturated carbocycles. The molecular weight excluding hydrogens is 211 g/mol. The van der Waals surface area contributed by atoms with Crippen LogP contribution >= 0.6 is 0 Å². The van der Waals surface area contributed by atoms with E-state index in [1.54, 1.807) is 0 Å². The minimum absolute atomic E-state index is 0. The maximum atomic E-state index is 2.00. The van der Waals surface area contributed by atoms with Gasteiger partial charge in [0, 0.05) is 26.2 Å². The fourth-order valence-electron chi connectivity index (χ4n) is 0.642. The molecule has 0 atom stereocenters. The average Bonchev–Trinajstić information content (AvgIpc) is 2.67. The first-order valence-electron chi connectivity index (χ1n) is 3.33. The van der Waals surface area contributed by atoms with Gasteiger partial charge in [-0.2, -0.15) is 18.2 Å². The Kier molecular flexibility index (Phi) is 7.40. The Morgan fingerprint density at radius 2 is 1.00 bits per heavy atom. The second-order valence-corrected chi connectivity index (χ2v) is 1.92. The summed E-state index contributed by atoms with van der Waals surface area (Å²) in [6, 6.07) is 20.0. The maximum absolute atomic E-state index is 2.00. The van der Waals surface area contributed by atoms with Crippen molar-refractivity contribution in [1.82, 2.24) is 0 Å². The van der Waals surface area contributed by atoms with Crippen molar-refractivity contribution in [2.24, 2.45) is 0 Å². The largest absolute Gasteiger partial charge is 0.748 e. The van der Waals surface area contributed by atoms with Crippen molar-refractivity contribution in [3.05, 3.63) is 60.7 Å². The standard InChI is InChI=1S/2C5H5.Zr/c2*1-2-4-5-3-1;/h2*1-5H;/q-5;-1;. The molecule has 0 aliphatic rings. The van der Waals surface area contributed by atoms with Crippen molar-refractivity contribution in [3.63, 3.8) is 0 Å². The van der Waals surface area contributed by atoms with Crippen LogP contribution in [0.5, 0.6) is 0 Å². The molecule has 2 rings (SSSR count). The third-order valence-corrected chi connectivity index (χ3v) is 1.11. The van der Waals surface area contributed by atoms with Gasteiger partial charge in [0.15, 0.2) is 0 Å². The van der Waals surface area contributed by atoms with Crippen LogP contribution in [-0.4, -0.2) is 0 Å². The predicted octanol–water partition coefficient (Wildman–Crippen LogP) is 2.81. The summed E-state index contributed by atoms with van der Waals surface area (Å²) in [7, 11) is 0. The monoisotopic (exact) mass is 220 g/mol. The number of rotatable bonds is 0. The minimum atomic E-state index is 0. The van der Waals surface area contributed by atoms with Crippen LogP contribution in [0.3, 0.4) is 0 Å². The molecule has 0 heterocycles. The van der Waals surface area contributed by atoms with E-state index in [2.05, 4.69) is 0 Å². The van der Waals surface area contributed by atoms with E-state index in [9.17, 15) is 0 Å². The van der Waals surface area contributed by atoms with Gasteiger partial charge in [0.25, 0.3) is 0 Å². The molecule has 0 aromatic heterocycles. The molecule has 0 aliphatic carbocycles. The number of hydrogen-bond donors (Lipinski definition) is 0. The molecule has 0 fully saturated rings. The van der Waals surface area contributed by atoms with Gasteiger partial charge >= 0.3 is 0 Å². The Hall–Kier alpha value is -0.417. The Balaban J connectivity index is 0.000000167. The van der Waals surface area contributed by atoms with Gasteiger partial charge in [-0.25, -0.2) is 12.1 Å². The van der Waals surface area contributed by atoms with E-state index in [0.717, 1.165) is 0 Å². The molecule has 0 spiro atoms. The molecule has 0 bridgehead atoms. The SMILES string of the molecule is [Zr].[cH-]1[cH-][cH-][cH-][cH-]1.c1cc[cH-]c1. The fourth-order valence-corrected chi connectivity index (χ4v) is 0.642. The zero-order valence-electron chi connectivity index (χ0n) is 6.27. The topological polar surface area (TPSA) is 0 Å². The molecule has 11 heavy (non-hydrogen) atoms. The van der Waals surface area contributed by atoms with Crippen molar-refractivity contribution >= 4 is 0 Å².